The normalized spacial score (nSPS) is 10.9. The van der Waals surface area contributed by atoms with Crippen molar-refractivity contribution < 1.29 is 14.3 Å². The maximum absolute atomic E-state index is 10.8. The van der Waals surface area contributed by atoms with Crippen LogP contribution in [0.3, 0.4) is 0 Å². The van der Waals surface area contributed by atoms with Crippen molar-refractivity contribution in [3.8, 4) is 10.6 Å². The maximum Gasteiger partial charge on any atom is 0.336 e. The van der Waals surface area contributed by atoms with Crippen LogP contribution in [0.25, 0.3) is 21.6 Å². The summed E-state index contributed by atoms with van der Waals surface area (Å²) in [6, 6.07) is 8.84. The van der Waals surface area contributed by atoms with E-state index in [1.165, 1.54) is 11.3 Å². The molecule has 0 saturated heterocycles. The number of hydrogen-bond donors (Lipinski definition) is 1. The van der Waals surface area contributed by atoms with E-state index in [-0.39, 0.29) is 5.56 Å². The summed E-state index contributed by atoms with van der Waals surface area (Å²) in [5.74, 6) is -0.276. The monoisotopic (exact) mass is 278 g/mol. The van der Waals surface area contributed by atoms with Crippen LogP contribution in [0.4, 0.5) is 0 Å². The van der Waals surface area contributed by atoms with Crippen molar-refractivity contribution in [2.75, 3.05) is 0 Å². The second-order valence-corrected chi connectivity index (χ2v) is 5.15. The molecule has 0 bridgehead atoms. The highest BCUT2D eigenvalue weighted by Crippen LogP contribution is 2.33. The highest BCUT2D eigenvalue weighted by atomic mass is 35.5. The summed E-state index contributed by atoms with van der Waals surface area (Å²) in [6.45, 7) is 0. The molecular formula is C13H7ClO3S. The fourth-order valence-corrected chi connectivity index (χ4v) is 2.73. The number of rotatable bonds is 2. The Morgan fingerprint density at radius 2 is 2.11 bits per heavy atom. The van der Waals surface area contributed by atoms with E-state index in [9.17, 15) is 4.79 Å². The minimum atomic E-state index is -0.934. The molecule has 0 aliphatic carbocycles. The van der Waals surface area contributed by atoms with E-state index in [4.69, 9.17) is 21.1 Å². The predicted octanol–water partition coefficient (Wildman–Crippen LogP) is 4.51. The van der Waals surface area contributed by atoms with Gasteiger partial charge in [-0.1, -0.05) is 11.6 Å². The zero-order valence-electron chi connectivity index (χ0n) is 9.01. The van der Waals surface area contributed by atoms with Crippen LogP contribution < -0.4 is 0 Å². The third-order valence-electron chi connectivity index (χ3n) is 2.57. The number of halogens is 1. The van der Waals surface area contributed by atoms with Gasteiger partial charge in [0.15, 0.2) is 0 Å². The molecule has 0 aliphatic rings. The average Bonchev–Trinajstić information content (AvgIpc) is 2.93. The highest BCUT2D eigenvalue weighted by molar-refractivity contribution is 7.13. The summed E-state index contributed by atoms with van der Waals surface area (Å²) in [6.07, 6.45) is 0. The average molecular weight is 279 g/mol. The van der Waals surface area contributed by atoms with Crippen LogP contribution in [0.15, 0.2) is 40.1 Å². The second kappa shape index (κ2) is 4.15. The molecule has 0 aliphatic heterocycles. The number of fused-ring (bicyclic) bond motifs is 1. The lowest BCUT2D eigenvalue weighted by Gasteiger charge is -1.88. The van der Waals surface area contributed by atoms with Crippen molar-refractivity contribution in [1.82, 2.24) is 0 Å². The van der Waals surface area contributed by atoms with Crippen LogP contribution >= 0.6 is 22.9 Å². The molecule has 3 rings (SSSR count). The lowest BCUT2D eigenvalue weighted by molar-refractivity contribution is 0.0697. The summed E-state index contributed by atoms with van der Waals surface area (Å²) < 4.78 is 5.66. The van der Waals surface area contributed by atoms with Crippen LogP contribution in [-0.4, -0.2) is 11.1 Å². The van der Waals surface area contributed by atoms with E-state index < -0.39 is 5.97 Å². The highest BCUT2D eigenvalue weighted by Gasteiger charge is 2.12. The van der Waals surface area contributed by atoms with Gasteiger partial charge in [0.25, 0.3) is 0 Å². The van der Waals surface area contributed by atoms with Crippen molar-refractivity contribution in [2.45, 2.75) is 0 Å². The first-order valence-corrected chi connectivity index (χ1v) is 6.40. The Hall–Kier alpha value is -1.78. The number of aromatic carboxylic acids is 1. The summed E-state index contributed by atoms with van der Waals surface area (Å²) in [4.78, 5) is 11.6. The van der Waals surface area contributed by atoms with E-state index in [1.54, 1.807) is 23.6 Å². The first kappa shape index (κ1) is 11.3. The van der Waals surface area contributed by atoms with Gasteiger partial charge in [-0.3, -0.25) is 0 Å². The first-order chi connectivity index (χ1) is 8.63. The molecule has 1 aromatic carbocycles. The Labute approximate surface area is 111 Å². The Bertz CT molecular complexity index is 742. The first-order valence-electron chi connectivity index (χ1n) is 5.15. The van der Waals surface area contributed by atoms with E-state index in [1.807, 2.05) is 12.1 Å². The molecule has 0 radical (unpaired) electrons. The predicted molar refractivity (Wildman–Crippen MR) is 71.5 cm³/mol. The molecule has 1 N–H and O–H groups in total. The Morgan fingerprint density at radius 3 is 2.83 bits per heavy atom. The standard InChI is InChI=1S/C13H7ClO3S/c14-9-1-2-10-7(3-9)4-11(17-10)12-5-8(6-18-12)13(15)16/h1-6H,(H,15,16). The number of benzene rings is 1. The minimum Gasteiger partial charge on any atom is -0.478 e. The van der Waals surface area contributed by atoms with Gasteiger partial charge in [-0.05, 0) is 30.3 Å². The van der Waals surface area contributed by atoms with Gasteiger partial charge in [0.2, 0.25) is 0 Å². The molecule has 18 heavy (non-hydrogen) atoms. The molecule has 5 heteroatoms. The molecule has 0 spiro atoms. The van der Waals surface area contributed by atoms with Gasteiger partial charge in [0, 0.05) is 15.8 Å². The fourth-order valence-electron chi connectivity index (χ4n) is 1.71. The molecule has 0 amide bonds. The molecule has 90 valence electrons. The van der Waals surface area contributed by atoms with Crippen LogP contribution in [0.2, 0.25) is 5.02 Å². The summed E-state index contributed by atoms with van der Waals surface area (Å²) in [5.41, 5.74) is 1.01. The summed E-state index contributed by atoms with van der Waals surface area (Å²) in [5, 5.41) is 12.0. The van der Waals surface area contributed by atoms with Gasteiger partial charge in [0.1, 0.15) is 11.3 Å². The minimum absolute atomic E-state index is 0.272. The van der Waals surface area contributed by atoms with E-state index in [2.05, 4.69) is 0 Å². The van der Waals surface area contributed by atoms with Crippen LogP contribution in [0.5, 0.6) is 0 Å². The van der Waals surface area contributed by atoms with Gasteiger partial charge < -0.3 is 9.52 Å². The van der Waals surface area contributed by atoms with Crippen molar-refractivity contribution in [1.29, 1.82) is 0 Å². The molecule has 0 fully saturated rings. The number of thiophene rings is 1. The zero-order valence-corrected chi connectivity index (χ0v) is 10.6. The maximum atomic E-state index is 10.8. The van der Waals surface area contributed by atoms with Crippen LogP contribution in [-0.2, 0) is 0 Å². The quantitative estimate of drug-likeness (QED) is 0.750. The summed E-state index contributed by atoms with van der Waals surface area (Å²) in [7, 11) is 0. The van der Waals surface area contributed by atoms with Gasteiger partial charge in [0.05, 0.1) is 10.4 Å². The van der Waals surface area contributed by atoms with Gasteiger partial charge >= 0.3 is 5.97 Å². The smallest absolute Gasteiger partial charge is 0.336 e. The molecular weight excluding hydrogens is 272 g/mol. The van der Waals surface area contributed by atoms with E-state index in [0.717, 1.165) is 15.8 Å². The molecule has 0 atom stereocenters. The van der Waals surface area contributed by atoms with Gasteiger partial charge in [-0.2, -0.15) is 0 Å². The molecule has 2 aromatic heterocycles. The number of carboxylic acids is 1. The molecule has 3 aromatic rings. The third kappa shape index (κ3) is 1.89. The lowest BCUT2D eigenvalue weighted by atomic mass is 10.2. The molecule has 2 heterocycles. The fraction of sp³-hybridized carbons (Fsp3) is 0. The summed E-state index contributed by atoms with van der Waals surface area (Å²) >= 11 is 7.25. The zero-order chi connectivity index (χ0) is 12.7. The Balaban J connectivity index is 2.10. The SMILES string of the molecule is O=C(O)c1csc(-c2cc3cc(Cl)ccc3o2)c1. The molecule has 3 nitrogen and oxygen atoms in total. The van der Waals surface area contributed by atoms with Gasteiger partial charge in [-0.15, -0.1) is 11.3 Å². The van der Waals surface area contributed by atoms with E-state index in [0.29, 0.717) is 10.8 Å². The number of carbonyl (C=O) groups is 1. The van der Waals surface area contributed by atoms with Gasteiger partial charge in [-0.25, -0.2) is 4.79 Å². The number of hydrogen-bond acceptors (Lipinski definition) is 3. The van der Waals surface area contributed by atoms with Crippen LogP contribution in [0, 0.1) is 0 Å². The van der Waals surface area contributed by atoms with Crippen LogP contribution in [0.1, 0.15) is 10.4 Å². The van der Waals surface area contributed by atoms with Crippen molar-refractivity contribution in [3.05, 3.63) is 46.3 Å². The molecule has 0 unspecified atom stereocenters. The lowest BCUT2D eigenvalue weighted by Crippen LogP contribution is -1.91. The Kier molecular flexibility index (Phi) is 2.61. The number of furan rings is 1. The number of carboxylic acid groups (broad SMARTS) is 1. The Morgan fingerprint density at radius 1 is 1.28 bits per heavy atom. The molecule has 0 saturated carbocycles. The second-order valence-electron chi connectivity index (χ2n) is 3.80. The van der Waals surface area contributed by atoms with E-state index >= 15 is 0 Å². The van der Waals surface area contributed by atoms with Crippen molar-refractivity contribution >= 4 is 39.9 Å². The topological polar surface area (TPSA) is 50.4 Å². The largest absolute Gasteiger partial charge is 0.478 e. The van der Waals surface area contributed by atoms with Crippen molar-refractivity contribution in [2.24, 2.45) is 0 Å². The third-order valence-corrected chi connectivity index (χ3v) is 3.75. The van der Waals surface area contributed by atoms with Crippen molar-refractivity contribution in [3.63, 3.8) is 0 Å².